The summed E-state index contributed by atoms with van der Waals surface area (Å²) in [6, 6.07) is 15.4. The van der Waals surface area contributed by atoms with E-state index in [1.807, 2.05) is 0 Å². The fraction of sp³-hybridized carbons (Fsp3) is 0.207. The van der Waals surface area contributed by atoms with Crippen LogP contribution in [-0.2, 0) is 15.3 Å². The normalized spacial score (nSPS) is 16.4. The van der Waals surface area contributed by atoms with E-state index in [0.717, 1.165) is 29.7 Å². The Morgan fingerprint density at radius 3 is 2.58 bits per heavy atom. The van der Waals surface area contributed by atoms with Gasteiger partial charge in [0.15, 0.2) is 4.34 Å². The molecule has 2 aromatic heterocycles. The van der Waals surface area contributed by atoms with Crippen LogP contribution in [0.5, 0.6) is 5.75 Å². The van der Waals surface area contributed by atoms with Gasteiger partial charge in [-0.25, -0.2) is 4.39 Å². The van der Waals surface area contributed by atoms with Gasteiger partial charge in [0.25, 0.3) is 5.78 Å². The van der Waals surface area contributed by atoms with E-state index in [-0.39, 0.29) is 22.3 Å². The number of amides is 1. The van der Waals surface area contributed by atoms with Crippen molar-refractivity contribution < 1.29 is 23.8 Å². The number of ether oxygens (including phenoxy) is 1. The van der Waals surface area contributed by atoms with E-state index in [1.54, 1.807) is 60.9 Å². The summed E-state index contributed by atoms with van der Waals surface area (Å²) in [5.74, 6) is -1.09. The number of nitrogens with zero attached hydrogens (tertiary/aromatic N) is 4. The van der Waals surface area contributed by atoms with E-state index in [1.165, 1.54) is 28.8 Å². The molecule has 1 N–H and O–H groups in total. The quantitative estimate of drug-likeness (QED) is 0.0597. The summed E-state index contributed by atoms with van der Waals surface area (Å²) in [6.45, 7) is 2.66. The molecule has 1 aliphatic heterocycles. The molecular formula is C29H25FN4O4S2. The van der Waals surface area contributed by atoms with E-state index in [4.69, 9.17) is 4.74 Å². The van der Waals surface area contributed by atoms with Crippen LogP contribution < -0.4 is 9.64 Å². The van der Waals surface area contributed by atoms with E-state index in [2.05, 4.69) is 22.1 Å². The van der Waals surface area contributed by atoms with Crippen LogP contribution >= 0.6 is 23.1 Å². The lowest BCUT2D eigenvalue weighted by molar-refractivity contribution is -0.132. The number of Topliss-reactive ketones (excluding diaryl/α,β-unsaturated/α-hetero) is 1. The molecule has 11 heteroatoms. The van der Waals surface area contributed by atoms with Gasteiger partial charge in [-0.3, -0.25) is 19.5 Å². The highest BCUT2D eigenvalue weighted by atomic mass is 32.2. The van der Waals surface area contributed by atoms with Crippen LogP contribution in [0, 0.1) is 5.82 Å². The number of hydrogen-bond acceptors (Lipinski definition) is 9. The van der Waals surface area contributed by atoms with Crippen LogP contribution in [0.2, 0.25) is 0 Å². The number of halogens is 1. The number of unbranched alkanes of at least 4 members (excludes halogenated alkanes) is 1. The van der Waals surface area contributed by atoms with Crippen LogP contribution in [0.3, 0.4) is 0 Å². The number of benzene rings is 2. The molecule has 1 atom stereocenters. The van der Waals surface area contributed by atoms with Crippen LogP contribution in [0.1, 0.15) is 42.5 Å². The van der Waals surface area contributed by atoms with Gasteiger partial charge < -0.3 is 9.84 Å². The fourth-order valence-electron chi connectivity index (χ4n) is 4.17. The van der Waals surface area contributed by atoms with Gasteiger partial charge in [-0.05, 0) is 60.0 Å². The summed E-state index contributed by atoms with van der Waals surface area (Å²) in [6.07, 6.45) is 5.07. The molecule has 0 spiro atoms. The highest BCUT2D eigenvalue weighted by Gasteiger charge is 2.48. The maximum Gasteiger partial charge on any atom is 0.301 e. The molecule has 5 rings (SSSR count). The van der Waals surface area contributed by atoms with Gasteiger partial charge in [-0.1, -0.05) is 54.6 Å². The molecule has 0 bridgehead atoms. The minimum atomic E-state index is -0.947. The summed E-state index contributed by atoms with van der Waals surface area (Å²) in [7, 11) is 0. The lowest BCUT2D eigenvalue weighted by Gasteiger charge is -2.22. The van der Waals surface area contributed by atoms with E-state index in [0.29, 0.717) is 33.6 Å². The van der Waals surface area contributed by atoms with Crippen molar-refractivity contribution in [2.45, 2.75) is 35.9 Å². The molecule has 204 valence electrons. The van der Waals surface area contributed by atoms with Crippen molar-refractivity contribution in [3.8, 4) is 5.75 Å². The Balaban J connectivity index is 1.46. The molecule has 1 saturated heterocycles. The minimum absolute atomic E-state index is 0.0617. The van der Waals surface area contributed by atoms with Crippen molar-refractivity contribution in [3.05, 3.63) is 101 Å². The molecule has 40 heavy (non-hydrogen) atoms. The smallest absolute Gasteiger partial charge is 0.301 e. The zero-order valence-corrected chi connectivity index (χ0v) is 23.1. The van der Waals surface area contributed by atoms with Crippen molar-refractivity contribution in [2.75, 3.05) is 11.5 Å². The van der Waals surface area contributed by atoms with Crippen molar-refractivity contribution in [1.29, 1.82) is 0 Å². The molecule has 3 heterocycles. The van der Waals surface area contributed by atoms with Crippen molar-refractivity contribution in [1.82, 2.24) is 15.2 Å². The molecule has 1 unspecified atom stereocenters. The first kappa shape index (κ1) is 27.5. The lowest BCUT2D eigenvalue weighted by atomic mass is 9.96. The van der Waals surface area contributed by atoms with Gasteiger partial charge >= 0.3 is 5.91 Å². The Labute approximate surface area is 238 Å². The lowest BCUT2D eigenvalue weighted by Crippen LogP contribution is -2.29. The fourth-order valence-corrected chi connectivity index (χ4v) is 5.99. The van der Waals surface area contributed by atoms with Crippen LogP contribution in [-0.4, -0.2) is 38.6 Å². The number of ketones is 1. The van der Waals surface area contributed by atoms with E-state index < -0.39 is 17.7 Å². The zero-order chi connectivity index (χ0) is 28.1. The van der Waals surface area contributed by atoms with Crippen molar-refractivity contribution >= 4 is 45.7 Å². The summed E-state index contributed by atoms with van der Waals surface area (Å²) in [5, 5.41) is 19.9. The standard InChI is InChI=1S/C29H25FN4O4S2/c1-2-3-15-38-22-12-8-19(9-13-22)25(35)23-24(20-5-4-14-31-16-20)34(27(37)26(23)36)28-32-33-29(40-28)39-17-18-6-10-21(30)11-7-18/h4-14,16,24,35H,2-3,15,17H2,1H3. The summed E-state index contributed by atoms with van der Waals surface area (Å²) < 4.78 is 19.5. The molecule has 4 aromatic rings. The second-order valence-electron chi connectivity index (χ2n) is 8.95. The molecular weight excluding hydrogens is 551 g/mol. The minimum Gasteiger partial charge on any atom is -0.507 e. The van der Waals surface area contributed by atoms with Crippen molar-refractivity contribution in [3.63, 3.8) is 0 Å². The van der Waals surface area contributed by atoms with Gasteiger partial charge in [-0.15, -0.1) is 10.2 Å². The number of anilines is 1. The third-order valence-corrected chi connectivity index (χ3v) is 8.34. The third kappa shape index (κ3) is 5.90. The summed E-state index contributed by atoms with van der Waals surface area (Å²) >= 11 is 2.54. The van der Waals surface area contributed by atoms with E-state index in [9.17, 15) is 19.1 Å². The number of rotatable bonds is 10. The number of thioether (sulfide) groups is 1. The molecule has 1 aliphatic rings. The first-order chi connectivity index (χ1) is 19.5. The van der Waals surface area contributed by atoms with Gasteiger partial charge in [0.05, 0.1) is 18.2 Å². The molecule has 8 nitrogen and oxygen atoms in total. The predicted octanol–water partition coefficient (Wildman–Crippen LogP) is 6.17. The van der Waals surface area contributed by atoms with E-state index >= 15 is 0 Å². The van der Waals surface area contributed by atoms with Crippen LogP contribution in [0.15, 0.2) is 83.0 Å². The molecule has 1 amide bonds. The SMILES string of the molecule is CCCCOc1ccc(C(O)=C2C(=O)C(=O)N(c3nnc(SCc4ccc(F)cc4)s3)C2c2cccnc2)cc1. The highest BCUT2D eigenvalue weighted by molar-refractivity contribution is 8.00. The Hall–Kier alpha value is -4.09. The van der Waals surface area contributed by atoms with Gasteiger partial charge in [0.2, 0.25) is 5.13 Å². The summed E-state index contributed by atoms with van der Waals surface area (Å²) in [4.78, 5) is 32.1. The Bertz CT molecular complexity index is 1530. The average molecular weight is 577 g/mol. The first-order valence-electron chi connectivity index (χ1n) is 12.6. The van der Waals surface area contributed by atoms with Crippen molar-refractivity contribution in [2.24, 2.45) is 0 Å². The van der Waals surface area contributed by atoms with Gasteiger partial charge in [-0.2, -0.15) is 0 Å². The average Bonchev–Trinajstić information content (AvgIpc) is 3.55. The maximum absolute atomic E-state index is 13.3. The predicted molar refractivity (Wildman–Crippen MR) is 152 cm³/mol. The Morgan fingerprint density at radius 2 is 1.88 bits per heavy atom. The molecule has 0 aliphatic carbocycles. The van der Waals surface area contributed by atoms with Crippen LogP contribution in [0.25, 0.3) is 5.76 Å². The molecule has 2 aromatic carbocycles. The number of aliphatic hydroxyl groups is 1. The number of aromatic nitrogens is 3. The number of pyridine rings is 1. The number of aliphatic hydroxyl groups excluding tert-OH is 1. The molecule has 1 fully saturated rings. The number of carbonyl (C=O) groups is 2. The second-order valence-corrected chi connectivity index (χ2v) is 11.1. The largest absolute Gasteiger partial charge is 0.507 e. The number of carbonyl (C=O) groups excluding carboxylic acids is 2. The summed E-state index contributed by atoms with van der Waals surface area (Å²) in [5.41, 5.74) is 1.76. The van der Waals surface area contributed by atoms with Crippen LogP contribution in [0.4, 0.5) is 9.52 Å². The first-order valence-corrected chi connectivity index (χ1v) is 14.4. The zero-order valence-electron chi connectivity index (χ0n) is 21.5. The molecule has 0 saturated carbocycles. The Morgan fingerprint density at radius 1 is 1.10 bits per heavy atom. The molecule has 0 radical (unpaired) electrons. The monoisotopic (exact) mass is 576 g/mol. The topological polar surface area (TPSA) is 106 Å². The van der Waals surface area contributed by atoms with Gasteiger partial charge in [0.1, 0.15) is 17.3 Å². The maximum atomic E-state index is 13.3. The third-order valence-electron chi connectivity index (χ3n) is 6.22. The highest BCUT2D eigenvalue weighted by Crippen LogP contribution is 2.44. The second kappa shape index (κ2) is 12.4. The number of hydrogen-bond donors (Lipinski definition) is 1. The Kier molecular flexibility index (Phi) is 8.51. The van der Waals surface area contributed by atoms with Gasteiger partial charge in [0, 0.05) is 23.7 Å².